The third kappa shape index (κ3) is 3.68. The minimum absolute atomic E-state index is 0.0635. The normalized spacial score (nSPS) is 15.2. The summed E-state index contributed by atoms with van der Waals surface area (Å²) in [6, 6.07) is 3.53. The molecule has 2 aromatic rings. The molecule has 1 aliphatic heterocycles. The smallest absolute Gasteiger partial charge is 0.274 e. The molecule has 0 aromatic carbocycles. The molecule has 0 radical (unpaired) electrons. The highest BCUT2D eigenvalue weighted by Crippen LogP contribution is 2.13. The Hall–Kier alpha value is -2.83. The summed E-state index contributed by atoms with van der Waals surface area (Å²) in [4.78, 5) is 38.0. The van der Waals surface area contributed by atoms with Crippen molar-refractivity contribution in [1.82, 2.24) is 25.2 Å². The Morgan fingerprint density at radius 2 is 1.87 bits per heavy atom. The van der Waals surface area contributed by atoms with Gasteiger partial charge in [-0.25, -0.2) is 4.98 Å². The number of rotatable bonds is 3. The molecule has 23 heavy (non-hydrogen) atoms. The monoisotopic (exact) mass is 311 g/mol. The van der Waals surface area contributed by atoms with E-state index in [2.05, 4.69) is 20.3 Å². The summed E-state index contributed by atoms with van der Waals surface area (Å²) in [7, 11) is 0. The fraction of sp³-hybridized carbons (Fsp3) is 0.312. The topological polar surface area (TPSA) is 88.1 Å². The number of hydrogen-bond acceptors (Lipinski definition) is 5. The van der Waals surface area contributed by atoms with E-state index in [0.29, 0.717) is 24.3 Å². The molecule has 1 fully saturated rings. The number of likely N-dealkylation sites (tertiary alicyclic amines) is 1. The lowest BCUT2D eigenvalue weighted by Gasteiger charge is -2.32. The molecule has 0 bridgehead atoms. The fourth-order valence-electron chi connectivity index (χ4n) is 2.56. The van der Waals surface area contributed by atoms with Crippen LogP contribution in [0.5, 0.6) is 0 Å². The molecular weight excluding hydrogens is 294 g/mol. The van der Waals surface area contributed by atoms with Gasteiger partial charge in [0.2, 0.25) is 0 Å². The van der Waals surface area contributed by atoms with Crippen LogP contribution in [-0.2, 0) is 0 Å². The van der Waals surface area contributed by atoms with E-state index in [-0.39, 0.29) is 17.9 Å². The predicted molar refractivity (Wildman–Crippen MR) is 82.7 cm³/mol. The van der Waals surface area contributed by atoms with Gasteiger partial charge in [0.05, 0.1) is 11.8 Å². The highest BCUT2D eigenvalue weighted by atomic mass is 16.2. The van der Waals surface area contributed by atoms with Crippen molar-refractivity contribution < 1.29 is 9.59 Å². The first kappa shape index (κ1) is 15.1. The third-order valence-corrected chi connectivity index (χ3v) is 3.82. The minimum Gasteiger partial charge on any atom is -0.349 e. The van der Waals surface area contributed by atoms with E-state index >= 15 is 0 Å². The maximum Gasteiger partial charge on any atom is 0.274 e. The molecule has 0 spiro atoms. The molecule has 7 heteroatoms. The Morgan fingerprint density at radius 3 is 2.52 bits per heavy atom. The SMILES string of the molecule is O=C(NC1CCN(C(=O)c2cnccn2)CC1)c1cccnc1. The lowest BCUT2D eigenvalue weighted by molar-refractivity contribution is 0.0692. The summed E-state index contributed by atoms with van der Waals surface area (Å²) in [6.07, 6.45) is 9.13. The van der Waals surface area contributed by atoms with Gasteiger partial charge in [-0.05, 0) is 25.0 Å². The molecule has 1 aliphatic rings. The highest BCUT2D eigenvalue weighted by molar-refractivity contribution is 5.94. The summed E-state index contributed by atoms with van der Waals surface area (Å²) in [5.41, 5.74) is 0.899. The van der Waals surface area contributed by atoms with Crippen molar-refractivity contribution in [3.8, 4) is 0 Å². The molecule has 0 atom stereocenters. The molecule has 118 valence electrons. The quantitative estimate of drug-likeness (QED) is 0.910. The fourth-order valence-corrected chi connectivity index (χ4v) is 2.56. The molecular formula is C16H17N5O2. The van der Waals surface area contributed by atoms with Crippen LogP contribution in [0.25, 0.3) is 0 Å². The third-order valence-electron chi connectivity index (χ3n) is 3.82. The number of pyridine rings is 1. The van der Waals surface area contributed by atoms with E-state index in [1.54, 1.807) is 29.4 Å². The van der Waals surface area contributed by atoms with Gasteiger partial charge in [0, 0.05) is 43.9 Å². The van der Waals surface area contributed by atoms with Gasteiger partial charge < -0.3 is 10.2 Å². The van der Waals surface area contributed by atoms with Crippen LogP contribution in [0.1, 0.15) is 33.7 Å². The van der Waals surface area contributed by atoms with Gasteiger partial charge in [-0.2, -0.15) is 0 Å². The number of carbonyl (C=O) groups excluding carboxylic acids is 2. The summed E-state index contributed by atoms with van der Waals surface area (Å²) in [5.74, 6) is -0.244. The van der Waals surface area contributed by atoms with Gasteiger partial charge >= 0.3 is 0 Å². The van der Waals surface area contributed by atoms with Gasteiger partial charge in [-0.15, -0.1) is 0 Å². The van der Waals surface area contributed by atoms with Crippen LogP contribution in [0, 0.1) is 0 Å². The van der Waals surface area contributed by atoms with Gasteiger partial charge in [0.15, 0.2) is 0 Å². The van der Waals surface area contributed by atoms with E-state index in [9.17, 15) is 9.59 Å². The number of aromatic nitrogens is 3. The maximum absolute atomic E-state index is 12.3. The summed E-state index contributed by atoms with van der Waals surface area (Å²) < 4.78 is 0. The van der Waals surface area contributed by atoms with Crippen molar-refractivity contribution in [2.75, 3.05) is 13.1 Å². The van der Waals surface area contributed by atoms with Crippen LogP contribution in [0.15, 0.2) is 43.1 Å². The van der Waals surface area contributed by atoms with Crippen molar-refractivity contribution in [2.24, 2.45) is 0 Å². The summed E-state index contributed by atoms with van der Waals surface area (Å²) in [5, 5.41) is 2.99. The van der Waals surface area contributed by atoms with E-state index in [4.69, 9.17) is 0 Å². The number of nitrogens with zero attached hydrogens (tertiary/aromatic N) is 4. The van der Waals surface area contributed by atoms with Gasteiger partial charge in [-0.1, -0.05) is 0 Å². The molecule has 0 aliphatic carbocycles. The number of carbonyl (C=O) groups is 2. The predicted octanol–water partition coefficient (Wildman–Crippen LogP) is 0.906. The van der Waals surface area contributed by atoms with Crippen LogP contribution in [-0.4, -0.2) is 50.8 Å². The maximum atomic E-state index is 12.3. The number of nitrogens with one attached hydrogen (secondary N) is 1. The van der Waals surface area contributed by atoms with Crippen molar-refractivity contribution in [1.29, 1.82) is 0 Å². The first-order chi connectivity index (χ1) is 11.2. The van der Waals surface area contributed by atoms with Gasteiger partial charge in [0.1, 0.15) is 5.69 Å². The molecule has 0 unspecified atom stereocenters. The van der Waals surface area contributed by atoms with Crippen LogP contribution in [0.3, 0.4) is 0 Å². The summed E-state index contributed by atoms with van der Waals surface area (Å²) in [6.45, 7) is 1.18. The van der Waals surface area contributed by atoms with Crippen molar-refractivity contribution >= 4 is 11.8 Å². The molecule has 2 amide bonds. The zero-order valence-electron chi connectivity index (χ0n) is 12.6. The van der Waals surface area contributed by atoms with Crippen molar-refractivity contribution in [3.63, 3.8) is 0 Å². The Morgan fingerprint density at radius 1 is 1.09 bits per heavy atom. The van der Waals surface area contributed by atoms with Crippen LogP contribution >= 0.6 is 0 Å². The van der Waals surface area contributed by atoms with Crippen molar-refractivity contribution in [2.45, 2.75) is 18.9 Å². The average molecular weight is 311 g/mol. The van der Waals surface area contributed by atoms with E-state index in [1.807, 2.05) is 0 Å². The Balaban J connectivity index is 1.53. The number of amides is 2. The first-order valence-corrected chi connectivity index (χ1v) is 7.50. The van der Waals surface area contributed by atoms with E-state index < -0.39 is 0 Å². The zero-order valence-corrected chi connectivity index (χ0v) is 12.6. The average Bonchev–Trinajstić information content (AvgIpc) is 2.63. The second-order valence-corrected chi connectivity index (χ2v) is 5.37. The second-order valence-electron chi connectivity index (χ2n) is 5.37. The molecule has 3 heterocycles. The van der Waals surface area contributed by atoms with Crippen LogP contribution < -0.4 is 5.32 Å². The molecule has 1 N–H and O–H groups in total. The minimum atomic E-state index is -0.128. The van der Waals surface area contributed by atoms with Crippen LogP contribution in [0.2, 0.25) is 0 Å². The van der Waals surface area contributed by atoms with E-state index in [0.717, 1.165) is 12.8 Å². The highest BCUT2D eigenvalue weighted by Gasteiger charge is 2.25. The second kappa shape index (κ2) is 6.95. The van der Waals surface area contributed by atoms with Crippen LogP contribution in [0.4, 0.5) is 0 Å². The largest absolute Gasteiger partial charge is 0.349 e. The Labute approximate surface area is 133 Å². The first-order valence-electron chi connectivity index (χ1n) is 7.50. The molecule has 7 nitrogen and oxygen atoms in total. The molecule has 3 rings (SSSR count). The zero-order chi connectivity index (χ0) is 16.1. The number of hydrogen-bond donors (Lipinski definition) is 1. The lowest BCUT2D eigenvalue weighted by atomic mass is 10.0. The van der Waals surface area contributed by atoms with Gasteiger partial charge in [0.25, 0.3) is 11.8 Å². The number of piperidine rings is 1. The van der Waals surface area contributed by atoms with Gasteiger partial charge in [-0.3, -0.25) is 19.6 Å². The summed E-state index contributed by atoms with van der Waals surface area (Å²) >= 11 is 0. The van der Waals surface area contributed by atoms with Crippen molar-refractivity contribution in [3.05, 3.63) is 54.4 Å². The molecule has 0 saturated carbocycles. The molecule has 2 aromatic heterocycles. The standard InChI is InChI=1S/C16H17N5O2/c22-15(12-2-1-5-17-10-12)20-13-3-8-21(9-4-13)16(23)14-11-18-6-7-19-14/h1-2,5-7,10-11,13H,3-4,8-9H2,(H,20,22). The Bertz CT molecular complexity index is 669. The lowest BCUT2D eigenvalue weighted by Crippen LogP contribution is -2.46. The Kier molecular flexibility index (Phi) is 4.56. The van der Waals surface area contributed by atoms with E-state index in [1.165, 1.54) is 18.6 Å². The molecule has 1 saturated heterocycles.